The number of hydrogen-bond acceptors (Lipinski definition) is 3. The summed E-state index contributed by atoms with van der Waals surface area (Å²) in [6.07, 6.45) is 5.95. The summed E-state index contributed by atoms with van der Waals surface area (Å²) >= 11 is 1.77. The largest absolute Gasteiger partial charge is 0.319 e. The van der Waals surface area contributed by atoms with Crippen molar-refractivity contribution < 1.29 is 0 Å². The van der Waals surface area contributed by atoms with Crippen LogP contribution in [-0.2, 0) is 5.54 Å². The molecule has 0 aliphatic heterocycles. The Balaban J connectivity index is 2.14. The Labute approximate surface area is 128 Å². The lowest BCUT2D eigenvalue weighted by atomic mass is 9.76. The molecule has 1 saturated carbocycles. The lowest BCUT2D eigenvalue weighted by molar-refractivity contribution is 0.210. The van der Waals surface area contributed by atoms with Gasteiger partial charge in [0.15, 0.2) is 0 Å². The minimum Gasteiger partial charge on any atom is -0.319 e. The Bertz CT molecular complexity index is 444. The molecular formula is C17H30N2S. The van der Waals surface area contributed by atoms with E-state index in [1.807, 2.05) is 0 Å². The summed E-state index contributed by atoms with van der Waals surface area (Å²) < 4.78 is 0. The van der Waals surface area contributed by atoms with Gasteiger partial charge in [-0.15, -0.1) is 11.3 Å². The van der Waals surface area contributed by atoms with Gasteiger partial charge in [0.2, 0.25) is 0 Å². The van der Waals surface area contributed by atoms with Gasteiger partial charge in [-0.3, -0.25) is 0 Å². The predicted octanol–water partition coefficient (Wildman–Crippen LogP) is 5.05. The molecule has 2 unspecified atom stereocenters. The van der Waals surface area contributed by atoms with Crippen molar-refractivity contribution in [2.24, 2.45) is 17.1 Å². The van der Waals surface area contributed by atoms with Crippen LogP contribution in [-0.4, -0.2) is 4.98 Å². The number of rotatable bonds is 2. The lowest BCUT2D eigenvalue weighted by Gasteiger charge is -2.30. The SMILES string of the molecule is CC(C)c1csc(C2(N)CCCC(C(C)(C)C)CC2)n1. The van der Waals surface area contributed by atoms with Crippen LogP contribution in [0, 0.1) is 11.3 Å². The van der Waals surface area contributed by atoms with Crippen molar-refractivity contribution in [2.75, 3.05) is 0 Å². The smallest absolute Gasteiger partial charge is 0.113 e. The highest BCUT2D eigenvalue weighted by Crippen LogP contribution is 2.43. The Hall–Kier alpha value is -0.410. The summed E-state index contributed by atoms with van der Waals surface area (Å²) in [5.41, 5.74) is 8.16. The Morgan fingerprint density at radius 1 is 1.30 bits per heavy atom. The first kappa shape index (κ1) is 16.0. The monoisotopic (exact) mass is 294 g/mol. The van der Waals surface area contributed by atoms with Gasteiger partial charge >= 0.3 is 0 Å². The van der Waals surface area contributed by atoms with Gasteiger partial charge in [0.05, 0.1) is 11.2 Å². The third-order valence-electron chi connectivity index (χ3n) is 4.88. The van der Waals surface area contributed by atoms with Gasteiger partial charge in [0.1, 0.15) is 5.01 Å². The van der Waals surface area contributed by atoms with Gasteiger partial charge in [-0.05, 0) is 42.9 Å². The van der Waals surface area contributed by atoms with Crippen LogP contribution in [0.3, 0.4) is 0 Å². The zero-order chi connectivity index (χ0) is 15.0. The quantitative estimate of drug-likeness (QED) is 0.775. The van der Waals surface area contributed by atoms with Crippen LogP contribution >= 0.6 is 11.3 Å². The average Bonchev–Trinajstić information content (AvgIpc) is 2.74. The molecular weight excluding hydrogens is 264 g/mol. The topological polar surface area (TPSA) is 38.9 Å². The van der Waals surface area contributed by atoms with Crippen LogP contribution in [0.5, 0.6) is 0 Å². The molecule has 1 aromatic heterocycles. The van der Waals surface area contributed by atoms with Crippen LogP contribution < -0.4 is 5.73 Å². The molecule has 2 rings (SSSR count). The van der Waals surface area contributed by atoms with E-state index in [-0.39, 0.29) is 5.54 Å². The standard InChI is InChI=1S/C17H30N2S/c1-12(2)14-11-20-15(19-14)17(18)9-6-7-13(8-10-17)16(3,4)5/h11-13H,6-10,18H2,1-5H3. The highest BCUT2D eigenvalue weighted by atomic mass is 32.1. The molecule has 1 fully saturated rings. The molecule has 1 aromatic rings. The van der Waals surface area contributed by atoms with Crippen LogP contribution in [0.1, 0.15) is 83.3 Å². The summed E-state index contributed by atoms with van der Waals surface area (Å²) in [6.45, 7) is 11.5. The number of hydrogen-bond donors (Lipinski definition) is 1. The molecule has 20 heavy (non-hydrogen) atoms. The Morgan fingerprint density at radius 2 is 2.00 bits per heavy atom. The Kier molecular flexibility index (Phi) is 4.60. The first-order valence-electron chi connectivity index (χ1n) is 7.97. The second-order valence-corrected chi connectivity index (χ2v) is 8.74. The zero-order valence-corrected chi connectivity index (χ0v) is 14.5. The summed E-state index contributed by atoms with van der Waals surface area (Å²) in [6, 6.07) is 0. The molecule has 0 saturated heterocycles. The van der Waals surface area contributed by atoms with E-state index < -0.39 is 0 Å². The van der Waals surface area contributed by atoms with E-state index >= 15 is 0 Å². The number of nitrogens with two attached hydrogens (primary N) is 1. The first-order valence-corrected chi connectivity index (χ1v) is 8.85. The molecule has 0 aromatic carbocycles. The van der Waals surface area contributed by atoms with E-state index in [1.54, 1.807) is 11.3 Å². The van der Waals surface area contributed by atoms with Gasteiger partial charge in [0, 0.05) is 5.38 Å². The van der Waals surface area contributed by atoms with Crippen molar-refractivity contribution in [3.05, 3.63) is 16.1 Å². The van der Waals surface area contributed by atoms with Crippen molar-refractivity contribution in [3.63, 3.8) is 0 Å². The highest BCUT2D eigenvalue weighted by molar-refractivity contribution is 7.09. The van der Waals surface area contributed by atoms with Gasteiger partial charge in [-0.1, -0.05) is 41.0 Å². The number of thiazole rings is 1. The lowest BCUT2D eigenvalue weighted by Crippen LogP contribution is -2.36. The van der Waals surface area contributed by atoms with Crippen molar-refractivity contribution >= 4 is 11.3 Å². The predicted molar refractivity (Wildman–Crippen MR) is 88.1 cm³/mol. The van der Waals surface area contributed by atoms with Crippen LogP contribution in [0.15, 0.2) is 5.38 Å². The molecule has 3 heteroatoms. The normalized spacial score (nSPS) is 28.6. The van der Waals surface area contributed by atoms with Crippen molar-refractivity contribution in [1.82, 2.24) is 4.98 Å². The summed E-state index contributed by atoms with van der Waals surface area (Å²) in [5.74, 6) is 1.29. The summed E-state index contributed by atoms with van der Waals surface area (Å²) in [5, 5.41) is 3.36. The van der Waals surface area contributed by atoms with Gasteiger partial charge in [-0.2, -0.15) is 0 Å². The number of nitrogens with zero attached hydrogens (tertiary/aromatic N) is 1. The summed E-state index contributed by atoms with van der Waals surface area (Å²) in [7, 11) is 0. The minimum atomic E-state index is -0.183. The minimum absolute atomic E-state index is 0.183. The maximum Gasteiger partial charge on any atom is 0.113 e. The molecule has 1 aliphatic rings. The molecule has 0 spiro atoms. The molecule has 2 nitrogen and oxygen atoms in total. The van der Waals surface area contributed by atoms with Crippen molar-refractivity contribution in [2.45, 2.75) is 78.2 Å². The fourth-order valence-electron chi connectivity index (χ4n) is 3.22. The van der Waals surface area contributed by atoms with Crippen molar-refractivity contribution in [1.29, 1.82) is 0 Å². The first-order chi connectivity index (χ1) is 9.22. The average molecular weight is 295 g/mol. The van der Waals surface area contributed by atoms with E-state index in [0.29, 0.717) is 11.3 Å². The van der Waals surface area contributed by atoms with E-state index in [1.165, 1.54) is 25.0 Å². The molecule has 2 N–H and O–H groups in total. The third kappa shape index (κ3) is 3.43. The van der Waals surface area contributed by atoms with Crippen molar-refractivity contribution in [3.8, 4) is 0 Å². The molecule has 1 heterocycles. The van der Waals surface area contributed by atoms with E-state index in [0.717, 1.165) is 23.8 Å². The second-order valence-electron chi connectivity index (χ2n) is 7.88. The van der Waals surface area contributed by atoms with Crippen LogP contribution in [0.25, 0.3) is 0 Å². The van der Waals surface area contributed by atoms with E-state index in [9.17, 15) is 0 Å². The maximum atomic E-state index is 6.75. The molecule has 114 valence electrons. The van der Waals surface area contributed by atoms with Crippen LogP contribution in [0.2, 0.25) is 0 Å². The van der Waals surface area contributed by atoms with Gasteiger partial charge < -0.3 is 5.73 Å². The maximum absolute atomic E-state index is 6.75. The van der Waals surface area contributed by atoms with Gasteiger partial charge in [-0.25, -0.2) is 4.98 Å². The zero-order valence-electron chi connectivity index (χ0n) is 13.7. The fourth-order valence-corrected chi connectivity index (χ4v) is 4.38. The molecule has 2 atom stereocenters. The molecule has 1 aliphatic carbocycles. The third-order valence-corrected chi connectivity index (χ3v) is 5.96. The summed E-state index contributed by atoms with van der Waals surface area (Å²) in [4.78, 5) is 4.83. The molecule has 0 bridgehead atoms. The van der Waals surface area contributed by atoms with Gasteiger partial charge in [0.25, 0.3) is 0 Å². The molecule has 0 amide bonds. The highest BCUT2D eigenvalue weighted by Gasteiger charge is 2.36. The number of aromatic nitrogens is 1. The van der Waals surface area contributed by atoms with E-state index in [2.05, 4.69) is 40.0 Å². The Morgan fingerprint density at radius 3 is 2.55 bits per heavy atom. The molecule has 0 radical (unpaired) electrons. The second kappa shape index (κ2) is 5.76. The fraction of sp³-hybridized carbons (Fsp3) is 0.824. The van der Waals surface area contributed by atoms with E-state index in [4.69, 9.17) is 10.7 Å². The van der Waals surface area contributed by atoms with Crippen LogP contribution in [0.4, 0.5) is 0 Å².